The Bertz CT molecular complexity index is 1000. The molecular weight excluding hydrogens is 396 g/mol. The van der Waals surface area contributed by atoms with Crippen LogP contribution in [0.2, 0.25) is 0 Å². The first kappa shape index (κ1) is 20.5. The second kappa shape index (κ2) is 8.85. The number of hydrogen-bond donors (Lipinski definition) is 1. The largest absolute Gasteiger partial charge is 0.383 e. The normalized spacial score (nSPS) is 16.0. The Morgan fingerprint density at radius 1 is 1.36 bits per heavy atom. The van der Waals surface area contributed by atoms with Gasteiger partial charge in [-0.05, 0) is 24.1 Å². The van der Waals surface area contributed by atoms with E-state index in [0.717, 1.165) is 0 Å². The first-order valence-electron chi connectivity index (χ1n) is 8.92. The predicted octanol–water partition coefficient (Wildman–Crippen LogP) is 2.61. The highest BCUT2D eigenvalue weighted by Gasteiger charge is 2.32. The molecule has 0 bridgehead atoms. The van der Waals surface area contributed by atoms with Crippen LogP contribution in [0.25, 0.3) is 11.7 Å². The van der Waals surface area contributed by atoms with Gasteiger partial charge >= 0.3 is 0 Å². The van der Waals surface area contributed by atoms with E-state index in [4.69, 9.17) is 17.0 Å². The minimum atomic E-state index is -0.237. The second-order valence-corrected chi connectivity index (χ2v) is 8.38. The number of aromatic nitrogens is 2. The van der Waals surface area contributed by atoms with Crippen molar-refractivity contribution in [2.75, 3.05) is 32.1 Å². The molecule has 0 radical (unpaired) electrons. The number of carbonyl (C=O) groups is 1. The summed E-state index contributed by atoms with van der Waals surface area (Å²) in [5, 5.41) is 3.24. The number of nitrogens with one attached hydrogen (secondary N) is 1. The molecule has 1 amide bonds. The van der Waals surface area contributed by atoms with Crippen LogP contribution >= 0.6 is 24.0 Å². The standard InChI is InChI=1S/C19H22N4O3S2/c1-12(2)11-20-16-13(17(24)22-7-5-4-6-15(22)21-16)10-14-18(25)23(8-9-26-3)19(27)28-14/h4-7,10,12,20H,8-9,11H2,1-3H3/b14-10-. The summed E-state index contributed by atoms with van der Waals surface area (Å²) < 4.78 is 6.97. The first-order chi connectivity index (χ1) is 13.4. The molecule has 0 aliphatic carbocycles. The fourth-order valence-corrected chi connectivity index (χ4v) is 3.97. The van der Waals surface area contributed by atoms with Gasteiger partial charge in [0.15, 0.2) is 0 Å². The van der Waals surface area contributed by atoms with E-state index in [1.165, 1.54) is 21.1 Å². The number of rotatable bonds is 7. The van der Waals surface area contributed by atoms with Crippen LogP contribution < -0.4 is 10.9 Å². The predicted molar refractivity (Wildman–Crippen MR) is 117 cm³/mol. The van der Waals surface area contributed by atoms with Crippen molar-refractivity contribution in [3.63, 3.8) is 0 Å². The van der Waals surface area contributed by atoms with Crippen LogP contribution in [0.5, 0.6) is 0 Å². The lowest BCUT2D eigenvalue weighted by Crippen LogP contribution is -2.31. The van der Waals surface area contributed by atoms with E-state index < -0.39 is 0 Å². The van der Waals surface area contributed by atoms with Crippen molar-refractivity contribution in [3.05, 3.63) is 45.2 Å². The molecule has 2 aromatic rings. The molecule has 1 N–H and O–H groups in total. The highest BCUT2D eigenvalue weighted by atomic mass is 32.2. The van der Waals surface area contributed by atoms with Gasteiger partial charge < -0.3 is 10.1 Å². The fraction of sp³-hybridized carbons (Fsp3) is 0.368. The Labute approximate surface area is 172 Å². The maximum Gasteiger partial charge on any atom is 0.267 e. The highest BCUT2D eigenvalue weighted by Crippen LogP contribution is 2.32. The van der Waals surface area contributed by atoms with Gasteiger partial charge in [0, 0.05) is 19.9 Å². The summed E-state index contributed by atoms with van der Waals surface area (Å²) in [6.45, 7) is 5.57. The average molecular weight is 419 g/mol. The number of thioether (sulfide) groups is 1. The van der Waals surface area contributed by atoms with E-state index >= 15 is 0 Å². The molecule has 0 atom stereocenters. The van der Waals surface area contributed by atoms with Gasteiger partial charge in [-0.25, -0.2) is 4.98 Å². The number of ether oxygens (including phenoxy) is 1. The van der Waals surface area contributed by atoms with E-state index in [1.54, 1.807) is 31.5 Å². The van der Waals surface area contributed by atoms with E-state index in [1.807, 2.05) is 6.07 Å². The maximum absolute atomic E-state index is 13.1. The van der Waals surface area contributed by atoms with Gasteiger partial charge in [0.2, 0.25) is 0 Å². The summed E-state index contributed by atoms with van der Waals surface area (Å²) in [6, 6.07) is 5.37. The van der Waals surface area contributed by atoms with Crippen LogP contribution in [0.3, 0.4) is 0 Å². The Kier molecular flexibility index (Phi) is 6.48. The molecule has 3 heterocycles. The van der Waals surface area contributed by atoms with E-state index in [9.17, 15) is 9.59 Å². The molecule has 2 aromatic heterocycles. The number of carbonyl (C=O) groups excluding carboxylic acids is 1. The van der Waals surface area contributed by atoms with E-state index in [2.05, 4.69) is 24.1 Å². The van der Waals surface area contributed by atoms with Crippen molar-refractivity contribution in [2.24, 2.45) is 5.92 Å². The minimum absolute atomic E-state index is 0.223. The van der Waals surface area contributed by atoms with Gasteiger partial charge in [-0.3, -0.25) is 18.9 Å². The molecule has 148 valence electrons. The number of amides is 1. The summed E-state index contributed by atoms with van der Waals surface area (Å²) in [7, 11) is 1.57. The zero-order valence-electron chi connectivity index (χ0n) is 16.0. The molecule has 0 unspecified atom stereocenters. The van der Waals surface area contributed by atoms with Crippen LogP contribution in [0.15, 0.2) is 34.1 Å². The molecular formula is C19H22N4O3S2. The maximum atomic E-state index is 13.1. The van der Waals surface area contributed by atoms with Crippen molar-refractivity contribution in [1.29, 1.82) is 0 Å². The molecule has 9 heteroatoms. The number of hydrogen-bond acceptors (Lipinski definition) is 7. The van der Waals surface area contributed by atoms with E-state index in [0.29, 0.717) is 51.9 Å². The van der Waals surface area contributed by atoms with Crippen LogP contribution in [0, 0.1) is 5.92 Å². The molecule has 28 heavy (non-hydrogen) atoms. The lowest BCUT2D eigenvalue weighted by Gasteiger charge is -2.13. The number of thiocarbonyl (C=S) groups is 1. The lowest BCUT2D eigenvalue weighted by atomic mass is 10.2. The van der Waals surface area contributed by atoms with Crippen molar-refractivity contribution in [3.8, 4) is 0 Å². The Balaban J connectivity index is 2.06. The molecule has 0 spiro atoms. The Hall–Kier alpha value is -2.23. The topological polar surface area (TPSA) is 75.9 Å². The zero-order valence-corrected chi connectivity index (χ0v) is 17.6. The van der Waals surface area contributed by atoms with E-state index in [-0.39, 0.29) is 11.5 Å². The Morgan fingerprint density at radius 3 is 2.86 bits per heavy atom. The molecule has 0 saturated carbocycles. The van der Waals surface area contributed by atoms with Crippen LogP contribution in [0.1, 0.15) is 19.4 Å². The van der Waals surface area contributed by atoms with Crippen LogP contribution in [-0.4, -0.2) is 51.3 Å². The molecule has 1 aliphatic rings. The minimum Gasteiger partial charge on any atom is -0.383 e. The van der Waals surface area contributed by atoms with Gasteiger partial charge in [-0.15, -0.1) is 0 Å². The quantitative estimate of drug-likeness (QED) is 0.547. The zero-order chi connectivity index (χ0) is 20.3. The lowest BCUT2D eigenvalue weighted by molar-refractivity contribution is -0.122. The molecule has 0 aromatic carbocycles. The van der Waals surface area contributed by atoms with Crippen molar-refractivity contribution < 1.29 is 9.53 Å². The number of nitrogens with zero attached hydrogens (tertiary/aromatic N) is 3. The summed E-state index contributed by atoms with van der Waals surface area (Å²) in [4.78, 5) is 32.3. The van der Waals surface area contributed by atoms with Crippen molar-refractivity contribution in [2.45, 2.75) is 13.8 Å². The SMILES string of the molecule is COCCN1C(=O)/C(=C/c2c(NCC(C)C)nc3ccccn3c2=O)SC1=S. The van der Waals surface area contributed by atoms with Crippen LogP contribution in [-0.2, 0) is 9.53 Å². The number of fused-ring (bicyclic) bond motifs is 1. The third-order valence-corrected chi connectivity index (χ3v) is 5.49. The number of methoxy groups -OCH3 is 1. The summed E-state index contributed by atoms with van der Waals surface area (Å²) in [6.07, 6.45) is 3.25. The average Bonchev–Trinajstić information content (AvgIpc) is 2.94. The third kappa shape index (κ3) is 4.26. The monoisotopic (exact) mass is 418 g/mol. The highest BCUT2D eigenvalue weighted by molar-refractivity contribution is 8.26. The molecule has 7 nitrogen and oxygen atoms in total. The third-order valence-electron chi connectivity index (χ3n) is 4.11. The van der Waals surface area contributed by atoms with Gasteiger partial charge in [0.25, 0.3) is 11.5 Å². The van der Waals surface area contributed by atoms with Gasteiger partial charge in [-0.2, -0.15) is 0 Å². The number of anilines is 1. The summed E-state index contributed by atoms with van der Waals surface area (Å²) >= 11 is 6.49. The molecule has 1 aliphatic heterocycles. The smallest absolute Gasteiger partial charge is 0.267 e. The fourth-order valence-electron chi connectivity index (χ4n) is 2.67. The number of pyridine rings is 1. The Morgan fingerprint density at radius 2 is 2.14 bits per heavy atom. The molecule has 1 fully saturated rings. The van der Waals surface area contributed by atoms with Crippen molar-refractivity contribution >= 4 is 51.7 Å². The summed E-state index contributed by atoms with van der Waals surface area (Å²) in [5.74, 6) is 0.614. The second-order valence-electron chi connectivity index (χ2n) is 6.71. The first-order valence-corrected chi connectivity index (χ1v) is 10.1. The van der Waals surface area contributed by atoms with Gasteiger partial charge in [-0.1, -0.05) is 43.9 Å². The van der Waals surface area contributed by atoms with Gasteiger partial charge in [0.05, 0.1) is 23.6 Å². The molecule has 1 saturated heterocycles. The summed E-state index contributed by atoms with van der Waals surface area (Å²) in [5.41, 5.74) is 0.652. The van der Waals surface area contributed by atoms with Crippen molar-refractivity contribution in [1.82, 2.24) is 14.3 Å². The molecule has 3 rings (SSSR count). The van der Waals surface area contributed by atoms with Gasteiger partial charge in [0.1, 0.15) is 15.8 Å². The van der Waals surface area contributed by atoms with Crippen LogP contribution in [0.4, 0.5) is 5.82 Å².